The van der Waals surface area contributed by atoms with E-state index in [4.69, 9.17) is 4.74 Å². The van der Waals surface area contributed by atoms with Gasteiger partial charge < -0.3 is 9.64 Å². The zero-order valence-electron chi connectivity index (χ0n) is 18.7. The van der Waals surface area contributed by atoms with Gasteiger partial charge in [0.25, 0.3) is 0 Å². The Bertz CT molecular complexity index is 806. The van der Waals surface area contributed by atoms with Crippen LogP contribution in [0.1, 0.15) is 49.9 Å². The lowest BCUT2D eigenvalue weighted by Gasteiger charge is -2.16. The molecule has 0 atom stereocenters. The number of hydrogen-bond acceptors (Lipinski definition) is 2. The first-order chi connectivity index (χ1) is 13.2. The molecule has 0 N–H and O–H groups in total. The maximum Gasteiger partial charge on any atom is 0.246 e. The Morgan fingerprint density at radius 2 is 1.68 bits per heavy atom. The summed E-state index contributed by atoms with van der Waals surface area (Å²) in [6, 6.07) is 2.09. The fourth-order valence-corrected chi connectivity index (χ4v) is 3.03. The van der Waals surface area contributed by atoms with Crippen molar-refractivity contribution in [3.05, 3.63) is 69.8 Å². The predicted octanol–water partition coefficient (Wildman–Crippen LogP) is 5.95. The van der Waals surface area contributed by atoms with Crippen molar-refractivity contribution >= 4 is 12.0 Å². The van der Waals surface area contributed by atoms with Crippen LogP contribution in [0.4, 0.5) is 0 Å². The molecule has 3 nitrogen and oxygen atoms in total. The average molecular weight is 382 g/mol. The second-order valence-electron chi connectivity index (χ2n) is 7.06. The van der Waals surface area contributed by atoms with E-state index in [1.54, 1.807) is 13.2 Å². The number of likely N-dealkylation sites (N-methyl/N-ethyl adjacent to an activating group) is 1. The molecule has 3 heteroatoms. The van der Waals surface area contributed by atoms with Crippen LogP contribution in [0.3, 0.4) is 0 Å². The Balaban J connectivity index is 2.90. The van der Waals surface area contributed by atoms with Gasteiger partial charge in [0.15, 0.2) is 0 Å². The monoisotopic (exact) mass is 381 g/mol. The number of amides is 1. The van der Waals surface area contributed by atoms with Gasteiger partial charge in [-0.3, -0.25) is 4.79 Å². The second kappa shape index (κ2) is 11.3. The molecule has 0 radical (unpaired) electrons. The molecule has 0 heterocycles. The summed E-state index contributed by atoms with van der Waals surface area (Å²) >= 11 is 0. The highest BCUT2D eigenvalue weighted by atomic mass is 16.5. The largest absolute Gasteiger partial charge is 0.496 e. The molecule has 0 aliphatic heterocycles. The Morgan fingerprint density at radius 3 is 2.25 bits per heavy atom. The molecule has 0 aliphatic carbocycles. The molecule has 1 rings (SSSR count). The molecular weight excluding hydrogens is 346 g/mol. The zero-order chi connectivity index (χ0) is 21.3. The van der Waals surface area contributed by atoms with Gasteiger partial charge in [-0.15, -0.1) is 0 Å². The van der Waals surface area contributed by atoms with Crippen LogP contribution in [0.2, 0.25) is 0 Å². The zero-order valence-corrected chi connectivity index (χ0v) is 18.7. The van der Waals surface area contributed by atoms with Crippen LogP contribution in [0.5, 0.6) is 5.75 Å². The van der Waals surface area contributed by atoms with E-state index in [2.05, 4.69) is 52.0 Å². The molecule has 152 valence electrons. The Morgan fingerprint density at radius 1 is 1.04 bits per heavy atom. The van der Waals surface area contributed by atoms with Gasteiger partial charge in [-0.2, -0.15) is 0 Å². The van der Waals surface area contributed by atoms with Crippen molar-refractivity contribution in [2.24, 2.45) is 0 Å². The summed E-state index contributed by atoms with van der Waals surface area (Å²) in [6.07, 6.45) is 12.0. The fourth-order valence-electron chi connectivity index (χ4n) is 3.03. The van der Waals surface area contributed by atoms with E-state index in [0.717, 1.165) is 30.0 Å². The van der Waals surface area contributed by atoms with Crippen LogP contribution in [-0.4, -0.2) is 31.0 Å². The summed E-state index contributed by atoms with van der Waals surface area (Å²) in [5.74, 6) is 0.998. The average Bonchev–Trinajstić information content (AvgIpc) is 2.65. The predicted molar refractivity (Wildman–Crippen MR) is 121 cm³/mol. The smallest absolute Gasteiger partial charge is 0.246 e. The topological polar surface area (TPSA) is 29.5 Å². The van der Waals surface area contributed by atoms with E-state index in [9.17, 15) is 4.79 Å². The van der Waals surface area contributed by atoms with Gasteiger partial charge in [0.2, 0.25) is 5.91 Å². The maximum absolute atomic E-state index is 12.1. The minimum atomic E-state index is 0.0635. The van der Waals surface area contributed by atoms with Crippen LogP contribution in [-0.2, 0) is 4.79 Å². The quantitative estimate of drug-likeness (QED) is 0.411. The fraction of sp³-hybridized carbons (Fsp3) is 0.400. The van der Waals surface area contributed by atoms with Crippen molar-refractivity contribution in [2.45, 2.75) is 48.5 Å². The molecule has 0 spiro atoms. The molecule has 0 saturated heterocycles. The lowest BCUT2D eigenvalue weighted by molar-refractivity contribution is -0.125. The molecule has 1 amide bonds. The summed E-state index contributed by atoms with van der Waals surface area (Å²) in [7, 11) is 1.71. The van der Waals surface area contributed by atoms with Crippen molar-refractivity contribution in [3.8, 4) is 5.75 Å². The molecule has 0 aromatic heterocycles. The summed E-state index contributed by atoms with van der Waals surface area (Å²) in [6.45, 7) is 15.8. The second-order valence-corrected chi connectivity index (χ2v) is 7.06. The molecule has 28 heavy (non-hydrogen) atoms. The first-order valence-corrected chi connectivity index (χ1v) is 9.90. The SMILES string of the molecule is CCN(CC)C(=O)/C=C(C)/C=C/C=C(C)/C=C/c1c(C)cc(OC)c(C)c1C. The van der Waals surface area contributed by atoms with Crippen LogP contribution in [0, 0.1) is 20.8 Å². The third-order valence-electron chi connectivity index (χ3n) is 4.99. The molecule has 0 bridgehead atoms. The van der Waals surface area contributed by atoms with Gasteiger partial charge in [-0.05, 0) is 82.4 Å². The molecule has 0 unspecified atom stereocenters. The molecule has 0 aliphatic rings. The molecule has 0 saturated carbocycles. The van der Waals surface area contributed by atoms with E-state index in [1.165, 1.54) is 22.3 Å². The van der Waals surface area contributed by atoms with Crippen molar-refractivity contribution in [2.75, 3.05) is 20.2 Å². The number of carbonyl (C=O) groups is 1. The highest BCUT2D eigenvalue weighted by molar-refractivity contribution is 5.88. The summed E-state index contributed by atoms with van der Waals surface area (Å²) < 4.78 is 5.44. The third-order valence-corrected chi connectivity index (χ3v) is 4.99. The van der Waals surface area contributed by atoms with Gasteiger partial charge in [0.1, 0.15) is 5.75 Å². The van der Waals surface area contributed by atoms with Crippen molar-refractivity contribution in [1.29, 1.82) is 0 Å². The van der Waals surface area contributed by atoms with Crippen molar-refractivity contribution < 1.29 is 9.53 Å². The standard InChI is InChI=1S/C25H35NO2/c1-9-26(10-2)25(27)16-19(4)13-11-12-18(3)14-15-23-20(5)17-24(28-8)22(7)21(23)6/h11-17H,9-10H2,1-8H3/b13-11+,15-14+,18-12+,19-16+. The minimum Gasteiger partial charge on any atom is -0.496 e. The van der Waals surface area contributed by atoms with Crippen LogP contribution in [0.15, 0.2) is 47.6 Å². The summed E-state index contributed by atoms with van der Waals surface area (Å²) in [5, 5.41) is 0. The van der Waals surface area contributed by atoms with Gasteiger partial charge in [0, 0.05) is 19.2 Å². The number of carbonyl (C=O) groups excluding carboxylic acids is 1. The number of benzene rings is 1. The Labute approximate surface area is 171 Å². The lowest BCUT2D eigenvalue weighted by atomic mass is 9.96. The van der Waals surface area contributed by atoms with E-state index in [1.807, 2.05) is 37.8 Å². The number of hydrogen-bond donors (Lipinski definition) is 0. The van der Waals surface area contributed by atoms with Crippen molar-refractivity contribution in [1.82, 2.24) is 4.90 Å². The number of aryl methyl sites for hydroxylation is 1. The van der Waals surface area contributed by atoms with Crippen LogP contribution < -0.4 is 4.74 Å². The molecular formula is C25H35NO2. The van der Waals surface area contributed by atoms with Gasteiger partial charge in [-0.25, -0.2) is 0 Å². The number of ether oxygens (including phenoxy) is 1. The minimum absolute atomic E-state index is 0.0635. The number of methoxy groups -OCH3 is 1. The van der Waals surface area contributed by atoms with E-state index >= 15 is 0 Å². The lowest BCUT2D eigenvalue weighted by Crippen LogP contribution is -2.28. The Kier molecular flexibility index (Phi) is 9.50. The van der Waals surface area contributed by atoms with Gasteiger partial charge in [0.05, 0.1) is 7.11 Å². The third kappa shape index (κ3) is 6.56. The summed E-state index contributed by atoms with van der Waals surface area (Å²) in [5.41, 5.74) is 6.94. The van der Waals surface area contributed by atoms with E-state index in [-0.39, 0.29) is 5.91 Å². The first-order valence-electron chi connectivity index (χ1n) is 9.90. The van der Waals surface area contributed by atoms with Gasteiger partial charge in [-0.1, -0.05) is 36.0 Å². The number of nitrogens with zero attached hydrogens (tertiary/aromatic N) is 1. The number of rotatable bonds is 8. The first kappa shape index (κ1) is 23.5. The van der Waals surface area contributed by atoms with Crippen molar-refractivity contribution in [3.63, 3.8) is 0 Å². The van der Waals surface area contributed by atoms with Gasteiger partial charge >= 0.3 is 0 Å². The molecule has 1 aromatic rings. The highest BCUT2D eigenvalue weighted by Crippen LogP contribution is 2.28. The van der Waals surface area contributed by atoms with E-state index < -0.39 is 0 Å². The maximum atomic E-state index is 12.1. The number of allylic oxidation sites excluding steroid dienone is 6. The van der Waals surface area contributed by atoms with Crippen LogP contribution in [0.25, 0.3) is 6.08 Å². The molecule has 1 aromatic carbocycles. The molecule has 0 fully saturated rings. The summed E-state index contributed by atoms with van der Waals surface area (Å²) in [4.78, 5) is 13.9. The Hall–Kier alpha value is -2.55. The van der Waals surface area contributed by atoms with E-state index in [0.29, 0.717) is 0 Å². The normalized spacial score (nSPS) is 12.9. The van der Waals surface area contributed by atoms with Crippen LogP contribution >= 0.6 is 0 Å². The highest BCUT2D eigenvalue weighted by Gasteiger charge is 2.08.